The number of ether oxygens (including phenoxy) is 2. The molecule has 2 heterocycles. The summed E-state index contributed by atoms with van der Waals surface area (Å²) in [5, 5.41) is 0. The first-order valence-electron chi connectivity index (χ1n) is 10.3. The lowest BCUT2D eigenvalue weighted by atomic mass is 9.98. The zero-order chi connectivity index (χ0) is 22.6. The SMILES string of the molecule is COc1ccc(S(=O)(=O)N2CCC(C(=O)OCc3ncc(-c4ccccc4)o3)CC2)cc1. The van der Waals surface area contributed by atoms with Gasteiger partial charge in [-0.2, -0.15) is 4.31 Å². The molecule has 8 nitrogen and oxygen atoms in total. The Morgan fingerprint density at radius 3 is 2.44 bits per heavy atom. The number of oxazole rings is 1. The third kappa shape index (κ3) is 4.84. The van der Waals surface area contributed by atoms with Crippen LogP contribution in [0.2, 0.25) is 0 Å². The van der Waals surface area contributed by atoms with Gasteiger partial charge in [-0.3, -0.25) is 4.79 Å². The fourth-order valence-electron chi connectivity index (χ4n) is 3.59. The van der Waals surface area contributed by atoms with E-state index >= 15 is 0 Å². The van der Waals surface area contributed by atoms with Gasteiger partial charge >= 0.3 is 5.97 Å². The second-order valence-electron chi connectivity index (χ2n) is 7.45. The molecule has 32 heavy (non-hydrogen) atoms. The predicted octanol–water partition coefficient (Wildman–Crippen LogP) is 3.49. The standard InChI is InChI=1S/C23H24N2O6S/c1-29-19-7-9-20(10-8-19)32(27,28)25-13-11-18(12-14-25)23(26)30-16-22-24-15-21(31-22)17-5-3-2-4-6-17/h2-10,15,18H,11-14,16H2,1H3. The molecular weight excluding hydrogens is 432 g/mol. The molecule has 0 radical (unpaired) electrons. The first kappa shape index (κ1) is 22.0. The van der Waals surface area contributed by atoms with Crippen molar-refractivity contribution in [1.29, 1.82) is 0 Å². The van der Waals surface area contributed by atoms with Gasteiger partial charge in [0.15, 0.2) is 12.4 Å². The van der Waals surface area contributed by atoms with Crippen LogP contribution in [0.5, 0.6) is 5.75 Å². The normalized spacial score (nSPS) is 15.4. The van der Waals surface area contributed by atoms with E-state index in [-0.39, 0.29) is 36.5 Å². The van der Waals surface area contributed by atoms with E-state index in [1.807, 2.05) is 30.3 Å². The summed E-state index contributed by atoms with van der Waals surface area (Å²) < 4.78 is 43.2. The quantitative estimate of drug-likeness (QED) is 0.502. The van der Waals surface area contributed by atoms with E-state index in [0.717, 1.165) is 5.56 Å². The number of hydrogen-bond acceptors (Lipinski definition) is 7. The minimum Gasteiger partial charge on any atom is -0.497 e. The number of nitrogens with zero attached hydrogens (tertiary/aromatic N) is 2. The number of rotatable bonds is 7. The van der Waals surface area contributed by atoms with Crippen LogP contribution in [-0.4, -0.2) is 43.9 Å². The first-order valence-corrected chi connectivity index (χ1v) is 11.7. The maximum atomic E-state index is 12.8. The third-order valence-corrected chi connectivity index (χ3v) is 7.35. The summed E-state index contributed by atoms with van der Waals surface area (Å²) in [6.45, 7) is 0.451. The minimum absolute atomic E-state index is 0.0595. The van der Waals surface area contributed by atoms with Gasteiger partial charge in [-0.05, 0) is 37.1 Å². The van der Waals surface area contributed by atoms with Crippen LogP contribution in [0.25, 0.3) is 11.3 Å². The molecule has 0 amide bonds. The molecule has 3 aromatic rings. The Morgan fingerprint density at radius 1 is 1.09 bits per heavy atom. The van der Waals surface area contributed by atoms with E-state index in [2.05, 4.69) is 4.98 Å². The average molecular weight is 457 g/mol. The van der Waals surface area contributed by atoms with E-state index in [4.69, 9.17) is 13.9 Å². The van der Waals surface area contributed by atoms with Gasteiger partial charge in [-0.25, -0.2) is 13.4 Å². The number of piperidine rings is 1. The van der Waals surface area contributed by atoms with Crippen LogP contribution in [0.3, 0.4) is 0 Å². The molecule has 9 heteroatoms. The molecule has 168 valence electrons. The van der Waals surface area contributed by atoms with E-state index in [0.29, 0.717) is 30.2 Å². The van der Waals surface area contributed by atoms with Gasteiger partial charge in [0, 0.05) is 18.7 Å². The third-order valence-electron chi connectivity index (χ3n) is 5.43. The lowest BCUT2D eigenvalue weighted by Crippen LogP contribution is -2.40. The summed E-state index contributed by atoms with van der Waals surface area (Å²) in [7, 11) is -2.09. The van der Waals surface area contributed by atoms with Crippen molar-refractivity contribution in [2.24, 2.45) is 5.92 Å². The Labute approximate surface area is 186 Å². The second kappa shape index (κ2) is 9.54. The van der Waals surface area contributed by atoms with Gasteiger partial charge in [0.1, 0.15) is 5.75 Å². The Hall–Kier alpha value is -3.17. The molecule has 0 aliphatic carbocycles. The molecule has 0 saturated carbocycles. The van der Waals surface area contributed by atoms with Crippen molar-refractivity contribution >= 4 is 16.0 Å². The number of carbonyl (C=O) groups is 1. The van der Waals surface area contributed by atoms with Crippen LogP contribution in [0, 0.1) is 5.92 Å². The molecule has 0 spiro atoms. The molecule has 1 fully saturated rings. The van der Waals surface area contributed by atoms with Crippen LogP contribution >= 0.6 is 0 Å². The maximum Gasteiger partial charge on any atom is 0.309 e. The summed E-state index contributed by atoms with van der Waals surface area (Å²) in [6, 6.07) is 15.8. The number of esters is 1. The molecule has 0 N–H and O–H groups in total. The Bertz CT molecular complexity index is 1150. The van der Waals surface area contributed by atoms with Crippen molar-refractivity contribution in [2.75, 3.05) is 20.2 Å². The summed E-state index contributed by atoms with van der Waals surface area (Å²) in [5.74, 6) is 0.782. The number of methoxy groups -OCH3 is 1. The number of benzene rings is 2. The lowest BCUT2D eigenvalue weighted by molar-refractivity contribution is -0.151. The summed E-state index contributed by atoms with van der Waals surface area (Å²) in [5.41, 5.74) is 0.892. The smallest absolute Gasteiger partial charge is 0.309 e. The monoisotopic (exact) mass is 456 g/mol. The minimum atomic E-state index is -3.61. The van der Waals surface area contributed by atoms with E-state index < -0.39 is 10.0 Å². The van der Waals surface area contributed by atoms with Crippen molar-refractivity contribution in [2.45, 2.75) is 24.3 Å². The van der Waals surface area contributed by atoms with E-state index in [1.54, 1.807) is 18.3 Å². The summed E-state index contributed by atoms with van der Waals surface area (Å²) in [6.07, 6.45) is 2.39. The van der Waals surface area contributed by atoms with Crippen molar-refractivity contribution in [1.82, 2.24) is 9.29 Å². The van der Waals surface area contributed by atoms with Crippen molar-refractivity contribution in [3.05, 3.63) is 66.7 Å². The van der Waals surface area contributed by atoms with Gasteiger partial charge in [0.05, 0.1) is 24.1 Å². The highest BCUT2D eigenvalue weighted by Crippen LogP contribution is 2.26. The zero-order valence-corrected chi connectivity index (χ0v) is 18.5. The van der Waals surface area contributed by atoms with Gasteiger partial charge in [0.2, 0.25) is 15.9 Å². The highest BCUT2D eigenvalue weighted by Gasteiger charge is 2.33. The number of sulfonamides is 1. The molecular formula is C23H24N2O6S. The number of hydrogen-bond donors (Lipinski definition) is 0. The van der Waals surface area contributed by atoms with E-state index in [9.17, 15) is 13.2 Å². The van der Waals surface area contributed by atoms with Gasteiger partial charge in [-0.1, -0.05) is 30.3 Å². The molecule has 1 saturated heterocycles. The van der Waals surface area contributed by atoms with Crippen molar-refractivity contribution < 1.29 is 27.1 Å². The fraction of sp³-hybridized carbons (Fsp3) is 0.304. The molecule has 0 bridgehead atoms. The Kier molecular flexibility index (Phi) is 6.57. The topological polar surface area (TPSA) is 98.9 Å². The van der Waals surface area contributed by atoms with Gasteiger partial charge in [0.25, 0.3) is 0 Å². The van der Waals surface area contributed by atoms with Crippen LogP contribution in [0.15, 0.2) is 70.1 Å². The Morgan fingerprint density at radius 2 is 1.78 bits per heavy atom. The van der Waals surface area contributed by atoms with Crippen molar-refractivity contribution in [3.63, 3.8) is 0 Å². The maximum absolute atomic E-state index is 12.8. The zero-order valence-electron chi connectivity index (χ0n) is 17.6. The van der Waals surface area contributed by atoms with Crippen LogP contribution in [-0.2, 0) is 26.2 Å². The van der Waals surface area contributed by atoms with Gasteiger partial charge < -0.3 is 13.9 Å². The largest absolute Gasteiger partial charge is 0.497 e. The molecule has 1 aromatic heterocycles. The first-order chi connectivity index (χ1) is 15.5. The van der Waals surface area contributed by atoms with Crippen LogP contribution < -0.4 is 4.74 Å². The molecule has 1 aliphatic heterocycles. The molecule has 0 atom stereocenters. The molecule has 2 aromatic carbocycles. The second-order valence-corrected chi connectivity index (χ2v) is 9.38. The van der Waals surface area contributed by atoms with Crippen LogP contribution in [0.1, 0.15) is 18.7 Å². The highest BCUT2D eigenvalue weighted by molar-refractivity contribution is 7.89. The Balaban J connectivity index is 1.29. The predicted molar refractivity (Wildman–Crippen MR) is 116 cm³/mol. The van der Waals surface area contributed by atoms with Crippen molar-refractivity contribution in [3.8, 4) is 17.1 Å². The summed E-state index contributed by atoms with van der Waals surface area (Å²) >= 11 is 0. The summed E-state index contributed by atoms with van der Waals surface area (Å²) in [4.78, 5) is 16.8. The number of carbonyl (C=O) groups excluding carboxylic acids is 1. The number of aromatic nitrogens is 1. The van der Waals surface area contributed by atoms with E-state index in [1.165, 1.54) is 23.5 Å². The fourth-order valence-corrected chi connectivity index (χ4v) is 5.06. The molecule has 1 aliphatic rings. The van der Waals surface area contributed by atoms with Gasteiger partial charge in [-0.15, -0.1) is 0 Å². The highest BCUT2D eigenvalue weighted by atomic mass is 32.2. The molecule has 4 rings (SSSR count). The lowest BCUT2D eigenvalue weighted by Gasteiger charge is -2.30. The van der Waals surface area contributed by atoms with Crippen LogP contribution in [0.4, 0.5) is 0 Å². The average Bonchev–Trinajstić information content (AvgIpc) is 3.32. The molecule has 0 unspecified atom stereocenters.